The topological polar surface area (TPSA) is 35.6 Å². The van der Waals surface area contributed by atoms with Gasteiger partial charge in [-0.2, -0.15) is 0 Å². The largest absolute Gasteiger partial charge is 0.369 e. The number of aryl methyl sites for hydroxylation is 1. The van der Waals surface area contributed by atoms with E-state index >= 15 is 0 Å². The number of nitrogens with zero attached hydrogens (tertiary/aromatic N) is 2. The van der Waals surface area contributed by atoms with Crippen LogP contribution in [0.4, 0.5) is 11.4 Å². The summed E-state index contributed by atoms with van der Waals surface area (Å²) in [5.74, 6) is 0.143. The summed E-state index contributed by atoms with van der Waals surface area (Å²) in [5, 5.41) is 3.08. The molecule has 1 aromatic rings. The lowest BCUT2D eigenvalue weighted by Crippen LogP contribution is -2.46. The third-order valence-corrected chi connectivity index (χ3v) is 5.18. The Morgan fingerprint density at radius 2 is 1.76 bits per heavy atom. The zero-order valence-electron chi connectivity index (χ0n) is 16.3. The van der Waals surface area contributed by atoms with Crippen molar-refractivity contribution in [1.82, 2.24) is 4.90 Å². The number of hydrogen-bond donors (Lipinski definition) is 1. The lowest BCUT2D eigenvalue weighted by atomic mass is 10.1. The van der Waals surface area contributed by atoms with E-state index in [2.05, 4.69) is 54.1 Å². The Bertz CT molecular complexity index is 536. The van der Waals surface area contributed by atoms with Crippen molar-refractivity contribution in [3.05, 3.63) is 23.8 Å². The smallest absolute Gasteiger partial charge is 0.224 e. The SMILES string of the molecule is CCCCCCCC(=O)Nc1ccc(N2CCN(CC)CC2)cc1C. The average molecular weight is 346 g/mol. The molecule has 0 atom stereocenters. The monoisotopic (exact) mass is 345 g/mol. The third kappa shape index (κ3) is 6.35. The molecule has 25 heavy (non-hydrogen) atoms. The molecule has 140 valence electrons. The molecule has 0 aromatic heterocycles. The molecule has 0 unspecified atom stereocenters. The summed E-state index contributed by atoms with van der Waals surface area (Å²) in [6.45, 7) is 12.1. The number of piperazine rings is 1. The van der Waals surface area contributed by atoms with Gasteiger partial charge in [0.15, 0.2) is 0 Å². The molecule has 2 rings (SSSR count). The van der Waals surface area contributed by atoms with Crippen molar-refractivity contribution in [2.75, 3.05) is 42.9 Å². The van der Waals surface area contributed by atoms with Gasteiger partial charge in [-0.3, -0.25) is 4.79 Å². The van der Waals surface area contributed by atoms with Crippen LogP contribution in [0.5, 0.6) is 0 Å². The first-order valence-electron chi connectivity index (χ1n) is 10.0. The maximum absolute atomic E-state index is 12.1. The summed E-state index contributed by atoms with van der Waals surface area (Å²) >= 11 is 0. The van der Waals surface area contributed by atoms with Crippen molar-refractivity contribution in [3.63, 3.8) is 0 Å². The van der Waals surface area contributed by atoms with E-state index in [0.29, 0.717) is 6.42 Å². The molecule has 1 fully saturated rings. The summed E-state index contributed by atoms with van der Waals surface area (Å²) in [7, 11) is 0. The number of likely N-dealkylation sites (N-methyl/N-ethyl adjacent to an activating group) is 1. The van der Waals surface area contributed by atoms with Crippen molar-refractivity contribution in [3.8, 4) is 0 Å². The first kappa shape index (κ1) is 19.8. The van der Waals surface area contributed by atoms with Crippen LogP contribution in [0.1, 0.15) is 57.9 Å². The lowest BCUT2D eigenvalue weighted by molar-refractivity contribution is -0.116. The molecule has 1 aliphatic heterocycles. The van der Waals surface area contributed by atoms with Crippen LogP contribution in [0.15, 0.2) is 18.2 Å². The number of carbonyl (C=O) groups is 1. The van der Waals surface area contributed by atoms with Crippen LogP contribution in [0.2, 0.25) is 0 Å². The molecule has 1 aliphatic rings. The predicted octanol–water partition coefficient (Wildman–Crippen LogP) is 4.44. The number of unbranched alkanes of at least 4 members (excludes halogenated alkanes) is 4. The van der Waals surface area contributed by atoms with Gasteiger partial charge in [0.25, 0.3) is 0 Å². The van der Waals surface area contributed by atoms with Crippen LogP contribution in [0.25, 0.3) is 0 Å². The summed E-state index contributed by atoms with van der Waals surface area (Å²) in [6, 6.07) is 6.41. The number of carbonyl (C=O) groups excluding carboxylic acids is 1. The minimum absolute atomic E-state index is 0.143. The van der Waals surface area contributed by atoms with Crippen LogP contribution >= 0.6 is 0 Å². The molecule has 1 aromatic carbocycles. The summed E-state index contributed by atoms with van der Waals surface area (Å²) in [5.41, 5.74) is 3.37. The van der Waals surface area contributed by atoms with Crippen molar-refractivity contribution in [1.29, 1.82) is 0 Å². The van der Waals surface area contributed by atoms with Crippen LogP contribution in [-0.4, -0.2) is 43.5 Å². The molecular weight excluding hydrogens is 310 g/mol. The maximum atomic E-state index is 12.1. The minimum Gasteiger partial charge on any atom is -0.369 e. The van der Waals surface area contributed by atoms with Crippen molar-refractivity contribution < 1.29 is 4.79 Å². The fourth-order valence-corrected chi connectivity index (χ4v) is 3.41. The van der Waals surface area contributed by atoms with Gasteiger partial charge in [-0.25, -0.2) is 0 Å². The van der Waals surface area contributed by atoms with Crippen LogP contribution in [0, 0.1) is 6.92 Å². The number of rotatable bonds is 9. The lowest BCUT2D eigenvalue weighted by Gasteiger charge is -2.35. The molecule has 4 nitrogen and oxygen atoms in total. The molecule has 0 aliphatic carbocycles. The fraction of sp³-hybridized carbons (Fsp3) is 0.667. The first-order valence-corrected chi connectivity index (χ1v) is 10.0. The van der Waals surface area contributed by atoms with E-state index in [9.17, 15) is 4.79 Å². The molecule has 0 saturated carbocycles. The highest BCUT2D eigenvalue weighted by atomic mass is 16.1. The first-order chi connectivity index (χ1) is 12.1. The zero-order valence-corrected chi connectivity index (χ0v) is 16.3. The van der Waals surface area contributed by atoms with E-state index in [4.69, 9.17) is 0 Å². The van der Waals surface area contributed by atoms with Crippen LogP contribution in [0.3, 0.4) is 0 Å². The molecule has 1 saturated heterocycles. The van der Waals surface area contributed by atoms with E-state index in [-0.39, 0.29) is 5.91 Å². The van der Waals surface area contributed by atoms with E-state index < -0.39 is 0 Å². The van der Waals surface area contributed by atoms with E-state index in [1.807, 2.05) is 0 Å². The molecule has 1 N–H and O–H groups in total. The van der Waals surface area contributed by atoms with E-state index in [1.54, 1.807) is 0 Å². The number of amides is 1. The van der Waals surface area contributed by atoms with Gasteiger partial charge in [-0.1, -0.05) is 39.5 Å². The normalized spacial score (nSPS) is 15.4. The van der Waals surface area contributed by atoms with Gasteiger partial charge in [0.2, 0.25) is 5.91 Å². The number of nitrogens with one attached hydrogen (secondary N) is 1. The molecular formula is C21H35N3O. The Kier molecular flexibility index (Phi) is 8.26. The van der Waals surface area contributed by atoms with Gasteiger partial charge < -0.3 is 15.1 Å². The summed E-state index contributed by atoms with van der Waals surface area (Å²) in [6.07, 6.45) is 6.53. The highest BCUT2D eigenvalue weighted by molar-refractivity contribution is 5.91. The second-order valence-corrected chi connectivity index (χ2v) is 7.13. The van der Waals surface area contributed by atoms with Gasteiger partial charge in [0.1, 0.15) is 0 Å². The average Bonchev–Trinajstić information content (AvgIpc) is 2.63. The molecule has 0 radical (unpaired) electrons. The number of benzene rings is 1. The van der Waals surface area contributed by atoms with Crippen LogP contribution < -0.4 is 10.2 Å². The van der Waals surface area contributed by atoms with Gasteiger partial charge in [0.05, 0.1) is 0 Å². The minimum atomic E-state index is 0.143. The Hall–Kier alpha value is -1.55. The Morgan fingerprint density at radius 1 is 1.04 bits per heavy atom. The second-order valence-electron chi connectivity index (χ2n) is 7.13. The third-order valence-electron chi connectivity index (χ3n) is 5.18. The van der Waals surface area contributed by atoms with Crippen molar-refractivity contribution >= 4 is 17.3 Å². The van der Waals surface area contributed by atoms with Gasteiger partial charge in [0, 0.05) is 44.0 Å². The van der Waals surface area contributed by atoms with Gasteiger partial charge in [-0.15, -0.1) is 0 Å². The standard InChI is InChI=1S/C21H35N3O/c1-4-6-7-8-9-10-21(25)22-20-12-11-19(17-18(20)3)24-15-13-23(5-2)14-16-24/h11-12,17H,4-10,13-16H2,1-3H3,(H,22,25). The van der Waals surface area contributed by atoms with Crippen molar-refractivity contribution in [2.24, 2.45) is 0 Å². The maximum Gasteiger partial charge on any atom is 0.224 e. The number of anilines is 2. The van der Waals surface area contributed by atoms with Crippen LogP contribution in [-0.2, 0) is 4.79 Å². The zero-order chi connectivity index (χ0) is 18.1. The Labute approximate surface area is 153 Å². The molecule has 0 spiro atoms. The van der Waals surface area contributed by atoms with Crippen molar-refractivity contribution in [2.45, 2.75) is 59.3 Å². The van der Waals surface area contributed by atoms with Gasteiger partial charge >= 0.3 is 0 Å². The van der Waals surface area contributed by atoms with E-state index in [0.717, 1.165) is 56.8 Å². The molecule has 4 heteroatoms. The highest BCUT2D eigenvalue weighted by Crippen LogP contribution is 2.24. The summed E-state index contributed by atoms with van der Waals surface area (Å²) in [4.78, 5) is 17.1. The number of hydrogen-bond acceptors (Lipinski definition) is 3. The molecule has 0 bridgehead atoms. The quantitative estimate of drug-likeness (QED) is 0.672. The highest BCUT2D eigenvalue weighted by Gasteiger charge is 2.16. The predicted molar refractivity (Wildman–Crippen MR) is 108 cm³/mol. The molecule has 1 heterocycles. The second kappa shape index (κ2) is 10.4. The summed E-state index contributed by atoms with van der Waals surface area (Å²) < 4.78 is 0. The molecule has 1 amide bonds. The Morgan fingerprint density at radius 3 is 2.40 bits per heavy atom. The fourth-order valence-electron chi connectivity index (χ4n) is 3.41. The Balaban J connectivity index is 1.82. The van der Waals surface area contributed by atoms with Gasteiger partial charge in [-0.05, 0) is 43.7 Å². The van der Waals surface area contributed by atoms with E-state index in [1.165, 1.54) is 24.9 Å².